The van der Waals surface area contributed by atoms with Crippen LogP contribution >= 0.6 is 11.8 Å². The van der Waals surface area contributed by atoms with Crippen LogP contribution in [0.2, 0.25) is 0 Å². The molecule has 4 aliphatic heterocycles. The van der Waals surface area contributed by atoms with E-state index in [-0.39, 0.29) is 30.5 Å². The Morgan fingerprint density at radius 2 is 1.61 bits per heavy atom. The summed E-state index contributed by atoms with van der Waals surface area (Å²) in [4.78, 5) is 2.35. The van der Waals surface area contributed by atoms with Gasteiger partial charge >= 0.3 is 0 Å². The third-order valence-corrected chi connectivity index (χ3v) is 6.36. The molecule has 0 N–H and O–H groups in total. The molecule has 4 fully saturated rings. The zero-order valence-electron chi connectivity index (χ0n) is 14.5. The van der Waals surface area contributed by atoms with Crippen LogP contribution in [0.5, 0.6) is 0 Å². The lowest BCUT2D eigenvalue weighted by Crippen LogP contribution is -2.43. The van der Waals surface area contributed by atoms with Crippen molar-refractivity contribution in [3.63, 3.8) is 0 Å². The second-order valence-electron chi connectivity index (χ2n) is 7.74. The van der Waals surface area contributed by atoms with Gasteiger partial charge in [0.2, 0.25) is 0 Å². The van der Waals surface area contributed by atoms with E-state index in [1.165, 1.54) is 0 Å². The third-order valence-electron chi connectivity index (χ3n) is 4.97. The van der Waals surface area contributed by atoms with Crippen LogP contribution in [-0.4, -0.2) is 78.3 Å². The van der Waals surface area contributed by atoms with Gasteiger partial charge < -0.3 is 23.7 Å². The van der Waals surface area contributed by atoms with Crippen molar-refractivity contribution in [2.75, 3.05) is 26.0 Å². The van der Waals surface area contributed by atoms with E-state index >= 15 is 0 Å². The van der Waals surface area contributed by atoms with Crippen LogP contribution in [-0.2, 0) is 23.7 Å². The van der Waals surface area contributed by atoms with Gasteiger partial charge in [-0.3, -0.25) is 4.90 Å². The standard InChI is InChI=1S/C16H27NO5S/c1-15(2)18-8-9(20-15)10-11-12(22-16(3,4)21-11)13(19-10)14-17(5)6-7-23-14/h9-14H,6-8H2,1-5H3/t9-,10-,11+,12+,13-,14?/m1/s1. The Labute approximate surface area is 142 Å². The zero-order valence-corrected chi connectivity index (χ0v) is 15.3. The van der Waals surface area contributed by atoms with Gasteiger partial charge in [-0.25, -0.2) is 0 Å². The average Bonchev–Trinajstić information content (AvgIpc) is 3.14. The largest absolute Gasteiger partial charge is 0.364 e. The molecule has 0 aliphatic carbocycles. The second-order valence-corrected chi connectivity index (χ2v) is 8.96. The molecule has 0 aromatic carbocycles. The van der Waals surface area contributed by atoms with Crippen LogP contribution in [0.1, 0.15) is 27.7 Å². The number of hydrogen-bond acceptors (Lipinski definition) is 7. The first-order chi connectivity index (χ1) is 10.8. The van der Waals surface area contributed by atoms with Gasteiger partial charge in [0.05, 0.1) is 12.0 Å². The highest BCUT2D eigenvalue weighted by atomic mass is 32.2. The van der Waals surface area contributed by atoms with Crippen molar-refractivity contribution < 1.29 is 23.7 Å². The van der Waals surface area contributed by atoms with Crippen molar-refractivity contribution in [2.45, 2.75) is 75.2 Å². The fraction of sp³-hybridized carbons (Fsp3) is 1.00. The lowest BCUT2D eigenvalue weighted by Gasteiger charge is -2.30. The summed E-state index contributed by atoms with van der Waals surface area (Å²) < 4.78 is 30.6. The summed E-state index contributed by atoms with van der Waals surface area (Å²) in [5.41, 5.74) is 0. The lowest BCUT2D eigenvalue weighted by atomic mass is 10.0. The van der Waals surface area contributed by atoms with Gasteiger partial charge in [-0.15, -0.1) is 11.8 Å². The van der Waals surface area contributed by atoms with Crippen molar-refractivity contribution in [3.05, 3.63) is 0 Å². The molecule has 6 nitrogen and oxygen atoms in total. The summed E-state index contributed by atoms with van der Waals surface area (Å²) in [6.45, 7) is 9.44. The van der Waals surface area contributed by atoms with Gasteiger partial charge in [0.1, 0.15) is 30.5 Å². The summed E-state index contributed by atoms with van der Waals surface area (Å²) >= 11 is 1.93. The van der Waals surface area contributed by atoms with E-state index in [2.05, 4.69) is 11.9 Å². The Balaban J connectivity index is 1.56. The molecule has 23 heavy (non-hydrogen) atoms. The normalized spacial score (nSPS) is 48.9. The van der Waals surface area contributed by atoms with Gasteiger partial charge in [0.25, 0.3) is 0 Å². The topological polar surface area (TPSA) is 49.4 Å². The molecule has 4 saturated heterocycles. The highest BCUT2D eigenvalue weighted by Gasteiger charge is 2.61. The van der Waals surface area contributed by atoms with Gasteiger partial charge in [0, 0.05) is 12.3 Å². The Kier molecular flexibility index (Phi) is 4.00. The molecule has 0 saturated carbocycles. The van der Waals surface area contributed by atoms with E-state index in [0.717, 1.165) is 12.3 Å². The number of fused-ring (bicyclic) bond motifs is 1. The third kappa shape index (κ3) is 2.94. The van der Waals surface area contributed by atoms with E-state index < -0.39 is 11.6 Å². The van der Waals surface area contributed by atoms with Crippen molar-refractivity contribution in [2.24, 2.45) is 0 Å². The quantitative estimate of drug-likeness (QED) is 0.750. The highest BCUT2D eigenvalue weighted by molar-refractivity contribution is 8.00. The number of ether oxygens (including phenoxy) is 5. The Bertz CT molecular complexity index is 473. The smallest absolute Gasteiger partial charge is 0.164 e. The van der Waals surface area contributed by atoms with Crippen LogP contribution in [0, 0.1) is 0 Å². The van der Waals surface area contributed by atoms with Crippen molar-refractivity contribution in [1.29, 1.82) is 0 Å². The van der Waals surface area contributed by atoms with E-state index in [0.29, 0.717) is 12.0 Å². The van der Waals surface area contributed by atoms with Gasteiger partial charge in [-0.1, -0.05) is 0 Å². The molecule has 6 atom stereocenters. The maximum Gasteiger partial charge on any atom is 0.164 e. The Hall–Kier alpha value is 0.110. The molecule has 0 spiro atoms. The molecule has 0 amide bonds. The molecule has 4 aliphatic rings. The molecule has 4 heterocycles. The molecular formula is C16H27NO5S. The van der Waals surface area contributed by atoms with E-state index in [1.807, 2.05) is 39.5 Å². The maximum atomic E-state index is 6.44. The van der Waals surface area contributed by atoms with E-state index in [4.69, 9.17) is 23.7 Å². The number of likely N-dealkylation sites (N-methyl/N-ethyl adjacent to an activating group) is 1. The fourth-order valence-corrected chi connectivity index (χ4v) is 5.39. The molecule has 0 bridgehead atoms. The molecule has 132 valence electrons. The first-order valence-electron chi connectivity index (χ1n) is 8.40. The maximum absolute atomic E-state index is 6.44. The first kappa shape index (κ1) is 16.6. The molecule has 0 radical (unpaired) electrons. The second kappa shape index (κ2) is 5.56. The fourth-order valence-electron chi connectivity index (χ4n) is 3.99. The van der Waals surface area contributed by atoms with Crippen molar-refractivity contribution >= 4 is 11.8 Å². The van der Waals surface area contributed by atoms with Crippen LogP contribution < -0.4 is 0 Å². The Morgan fingerprint density at radius 3 is 2.17 bits per heavy atom. The summed E-state index contributed by atoms with van der Waals surface area (Å²) in [6, 6.07) is 0. The van der Waals surface area contributed by atoms with Crippen molar-refractivity contribution in [3.8, 4) is 0 Å². The summed E-state index contributed by atoms with van der Waals surface area (Å²) in [6.07, 6.45) is -0.427. The van der Waals surface area contributed by atoms with Crippen LogP contribution in [0.4, 0.5) is 0 Å². The van der Waals surface area contributed by atoms with Crippen LogP contribution in [0.15, 0.2) is 0 Å². The predicted molar refractivity (Wildman–Crippen MR) is 86.3 cm³/mol. The monoisotopic (exact) mass is 345 g/mol. The SMILES string of the molecule is CN1CCSC1[C@@H]1O[C@H]([C@H]2COC(C)(C)O2)[C@@H]2OC(C)(C)O[C@@H]21. The minimum atomic E-state index is -0.577. The summed E-state index contributed by atoms with van der Waals surface area (Å²) in [5.74, 6) is -0.00861. The van der Waals surface area contributed by atoms with Gasteiger partial charge in [-0.05, 0) is 34.7 Å². The molecule has 7 heteroatoms. The zero-order chi connectivity index (χ0) is 16.4. The molecular weight excluding hydrogens is 318 g/mol. The van der Waals surface area contributed by atoms with E-state index in [9.17, 15) is 0 Å². The molecule has 1 unspecified atom stereocenters. The summed E-state index contributed by atoms with van der Waals surface area (Å²) in [7, 11) is 2.15. The number of thioether (sulfide) groups is 1. The average molecular weight is 345 g/mol. The Morgan fingerprint density at radius 1 is 0.913 bits per heavy atom. The van der Waals surface area contributed by atoms with Crippen LogP contribution in [0.25, 0.3) is 0 Å². The molecule has 4 rings (SSSR count). The summed E-state index contributed by atoms with van der Waals surface area (Å²) in [5, 5.41) is 0.306. The number of hydrogen-bond donors (Lipinski definition) is 0. The number of nitrogens with zero attached hydrogens (tertiary/aromatic N) is 1. The molecule has 0 aromatic heterocycles. The lowest BCUT2D eigenvalue weighted by molar-refractivity contribution is -0.208. The predicted octanol–water partition coefficient (Wildman–Crippen LogP) is 1.43. The number of rotatable bonds is 2. The minimum Gasteiger partial charge on any atom is -0.364 e. The minimum absolute atomic E-state index is 0.00316. The first-order valence-corrected chi connectivity index (χ1v) is 9.45. The van der Waals surface area contributed by atoms with Gasteiger partial charge in [0.15, 0.2) is 11.6 Å². The van der Waals surface area contributed by atoms with Crippen LogP contribution in [0.3, 0.4) is 0 Å². The highest BCUT2D eigenvalue weighted by Crippen LogP contribution is 2.45. The van der Waals surface area contributed by atoms with Crippen molar-refractivity contribution in [1.82, 2.24) is 4.90 Å². The molecule has 0 aromatic rings. The van der Waals surface area contributed by atoms with Gasteiger partial charge in [-0.2, -0.15) is 0 Å². The van der Waals surface area contributed by atoms with E-state index in [1.54, 1.807) is 0 Å².